The molecule has 72 valence electrons. The maximum atomic E-state index is 3.81. The molecule has 0 amide bonds. The Balaban J connectivity index is 2.66. The van der Waals surface area contributed by atoms with Gasteiger partial charge in [-0.25, -0.2) is 0 Å². The summed E-state index contributed by atoms with van der Waals surface area (Å²) >= 11 is 1.87. The first-order valence-corrected chi connectivity index (χ1v) is 5.70. The van der Waals surface area contributed by atoms with Gasteiger partial charge < -0.3 is 4.57 Å². The standard InChI is InChI=1S/C12H13NS/c1-3-13-9-12(14-4-2)10-7-5-6-8-11(10)13/h3,5-9H,1,4H2,2H3. The predicted octanol–water partition coefficient (Wildman–Crippen LogP) is 3.85. The second-order valence-electron chi connectivity index (χ2n) is 3.03. The molecule has 1 heterocycles. The van der Waals surface area contributed by atoms with E-state index in [1.165, 1.54) is 15.8 Å². The molecule has 2 heteroatoms. The van der Waals surface area contributed by atoms with E-state index in [4.69, 9.17) is 0 Å². The van der Waals surface area contributed by atoms with Crippen molar-refractivity contribution in [2.24, 2.45) is 0 Å². The van der Waals surface area contributed by atoms with Crippen LogP contribution in [0.5, 0.6) is 0 Å². The summed E-state index contributed by atoms with van der Waals surface area (Å²) in [5.74, 6) is 1.10. The van der Waals surface area contributed by atoms with Crippen LogP contribution in [0.1, 0.15) is 6.92 Å². The summed E-state index contributed by atoms with van der Waals surface area (Å²) in [5.41, 5.74) is 1.23. The predicted molar refractivity (Wildman–Crippen MR) is 64.7 cm³/mol. The highest BCUT2D eigenvalue weighted by atomic mass is 32.2. The molecular formula is C12H13NS. The van der Waals surface area contributed by atoms with Crippen molar-refractivity contribution in [1.29, 1.82) is 0 Å². The summed E-state index contributed by atoms with van der Waals surface area (Å²) in [6.45, 7) is 5.98. The Morgan fingerprint density at radius 2 is 2.21 bits per heavy atom. The van der Waals surface area contributed by atoms with Crippen LogP contribution in [0.2, 0.25) is 0 Å². The molecule has 14 heavy (non-hydrogen) atoms. The third kappa shape index (κ3) is 1.46. The Hall–Kier alpha value is -1.15. The van der Waals surface area contributed by atoms with Gasteiger partial charge in [0, 0.05) is 22.7 Å². The van der Waals surface area contributed by atoms with Crippen LogP contribution in [-0.2, 0) is 0 Å². The normalized spacial score (nSPS) is 10.6. The number of hydrogen-bond acceptors (Lipinski definition) is 1. The Bertz CT molecular complexity index is 456. The molecule has 0 radical (unpaired) electrons. The zero-order valence-electron chi connectivity index (χ0n) is 8.23. The Morgan fingerprint density at radius 1 is 1.43 bits per heavy atom. The van der Waals surface area contributed by atoms with Gasteiger partial charge in [-0.3, -0.25) is 0 Å². The molecule has 0 aliphatic rings. The van der Waals surface area contributed by atoms with Crippen LogP contribution < -0.4 is 0 Å². The van der Waals surface area contributed by atoms with Crippen molar-refractivity contribution >= 4 is 28.9 Å². The van der Waals surface area contributed by atoms with E-state index < -0.39 is 0 Å². The van der Waals surface area contributed by atoms with Gasteiger partial charge in [0.15, 0.2) is 0 Å². The first-order valence-electron chi connectivity index (χ1n) is 4.71. The molecule has 1 aromatic carbocycles. The fraction of sp³-hybridized carbons (Fsp3) is 0.167. The highest BCUT2D eigenvalue weighted by Gasteiger charge is 2.05. The van der Waals surface area contributed by atoms with E-state index in [-0.39, 0.29) is 0 Å². The highest BCUT2D eigenvalue weighted by Crippen LogP contribution is 2.29. The number of nitrogens with zero attached hydrogens (tertiary/aromatic N) is 1. The molecule has 0 spiro atoms. The van der Waals surface area contributed by atoms with Gasteiger partial charge in [0.05, 0.1) is 5.52 Å². The molecule has 0 aliphatic carbocycles. The van der Waals surface area contributed by atoms with Crippen LogP contribution in [0.25, 0.3) is 17.1 Å². The largest absolute Gasteiger partial charge is 0.323 e. The summed E-state index contributed by atoms with van der Waals surface area (Å²) in [6.07, 6.45) is 3.99. The number of hydrogen-bond donors (Lipinski definition) is 0. The van der Waals surface area contributed by atoms with E-state index in [2.05, 4.69) is 48.5 Å². The van der Waals surface area contributed by atoms with E-state index in [0.717, 1.165) is 5.75 Å². The third-order valence-corrected chi connectivity index (χ3v) is 3.13. The molecule has 0 fully saturated rings. The second-order valence-corrected chi connectivity index (χ2v) is 4.34. The Labute approximate surface area is 88.4 Å². The zero-order chi connectivity index (χ0) is 9.97. The first kappa shape index (κ1) is 9.41. The van der Waals surface area contributed by atoms with Crippen LogP contribution >= 0.6 is 11.8 Å². The topological polar surface area (TPSA) is 4.93 Å². The molecule has 0 unspecified atom stereocenters. The molecule has 1 nitrogen and oxygen atoms in total. The lowest BCUT2D eigenvalue weighted by Crippen LogP contribution is -1.79. The Morgan fingerprint density at radius 3 is 2.93 bits per heavy atom. The molecule has 1 aromatic heterocycles. The SMILES string of the molecule is C=Cn1cc(SCC)c2ccccc21. The number of rotatable bonds is 3. The quantitative estimate of drug-likeness (QED) is 0.686. The minimum atomic E-state index is 1.10. The molecule has 2 aromatic rings. The first-order chi connectivity index (χ1) is 6.86. The van der Waals surface area contributed by atoms with Crippen molar-refractivity contribution in [1.82, 2.24) is 4.57 Å². The van der Waals surface area contributed by atoms with Gasteiger partial charge in [-0.1, -0.05) is 31.7 Å². The Kier molecular flexibility index (Phi) is 2.64. The summed E-state index contributed by atoms with van der Waals surface area (Å²) in [7, 11) is 0. The van der Waals surface area contributed by atoms with E-state index in [1.54, 1.807) is 0 Å². The maximum Gasteiger partial charge on any atom is 0.0533 e. The van der Waals surface area contributed by atoms with Gasteiger partial charge in [-0.05, 0) is 11.8 Å². The van der Waals surface area contributed by atoms with Gasteiger partial charge in [-0.15, -0.1) is 11.8 Å². The number of aromatic nitrogens is 1. The van der Waals surface area contributed by atoms with Crippen LogP contribution in [-0.4, -0.2) is 10.3 Å². The number of thioether (sulfide) groups is 1. The second kappa shape index (κ2) is 3.93. The molecule has 2 rings (SSSR count). The van der Waals surface area contributed by atoms with Crippen LogP contribution in [0.3, 0.4) is 0 Å². The van der Waals surface area contributed by atoms with Gasteiger partial charge in [0.25, 0.3) is 0 Å². The average molecular weight is 203 g/mol. The average Bonchev–Trinajstić information content (AvgIpc) is 2.58. The van der Waals surface area contributed by atoms with Crippen molar-refractivity contribution in [2.75, 3.05) is 5.75 Å². The summed E-state index contributed by atoms with van der Waals surface area (Å²) in [4.78, 5) is 1.34. The van der Waals surface area contributed by atoms with Crippen molar-refractivity contribution in [3.8, 4) is 0 Å². The van der Waals surface area contributed by atoms with Crippen molar-refractivity contribution < 1.29 is 0 Å². The number of fused-ring (bicyclic) bond motifs is 1. The molecule has 0 N–H and O–H groups in total. The van der Waals surface area contributed by atoms with E-state index in [9.17, 15) is 0 Å². The fourth-order valence-electron chi connectivity index (χ4n) is 1.59. The lowest BCUT2D eigenvalue weighted by atomic mass is 10.2. The zero-order valence-corrected chi connectivity index (χ0v) is 9.05. The van der Waals surface area contributed by atoms with Crippen molar-refractivity contribution in [3.05, 3.63) is 37.0 Å². The van der Waals surface area contributed by atoms with Gasteiger partial charge >= 0.3 is 0 Å². The van der Waals surface area contributed by atoms with Crippen molar-refractivity contribution in [2.45, 2.75) is 11.8 Å². The molecular weight excluding hydrogens is 190 g/mol. The number of para-hydroxylation sites is 1. The highest BCUT2D eigenvalue weighted by molar-refractivity contribution is 7.99. The fourth-order valence-corrected chi connectivity index (χ4v) is 2.42. The lowest BCUT2D eigenvalue weighted by molar-refractivity contribution is 1.20. The summed E-state index contributed by atoms with van der Waals surface area (Å²) in [6, 6.07) is 8.42. The number of benzene rings is 1. The lowest BCUT2D eigenvalue weighted by Gasteiger charge is -1.94. The minimum absolute atomic E-state index is 1.10. The summed E-state index contributed by atoms with van der Waals surface area (Å²) in [5, 5.41) is 1.32. The third-order valence-electron chi connectivity index (χ3n) is 2.20. The molecule has 0 atom stereocenters. The molecule has 0 aliphatic heterocycles. The summed E-state index contributed by atoms with van der Waals surface area (Å²) < 4.78 is 2.08. The van der Waals surface area contributed by atoms with Crippen LogP contribution in [0.15, 0.2) is 41.9 Å². The van der Waals surface area contributed by atoms with Crippen LogP contribution in [0.4, 0.5) is 0 Å². The minimum Gasteiger partial charge on any atom is -0.323 e. The smallest absolute Gasteiger partial charge is 0.0533 e. The molecule has 0 bridgehead atoms. The van der Waals surface area contributed by atoms with Gasteiger partial charge in [-0.2, -0.15) is 0 Å². The van der Waals surface area contributed by atoms with E-state index in [0.29, 0.717) is 0 Å². The van der Waals surface area contributed by atoms with E-state index >= 15 is 0 Å². The monoisotopic (exact) mass is 203 g/mol. The molecule has 0 saturated carbocycles. The molecule has 0 saturated heterocycles. The van der Waals surface area contributed by atoms with Gasteiger partial charge in [0.1, 0.15) is 0 Å². The van der Waals surface area contributed by atoms with Crippen LogP contribution in [0, 0.1) is 0 Å². The van der Waals surface area contributed by atoms with Gasteiger partial charge in [0.2, 0.25) is 0 Å². The van der Waals surface area contributed by atoms with Crippen molar-refractivity contribution in [3.63, 3.8) is 0 Å². The maximum absolute atomic E-state index is 3.81. The van der Waals surface area contributed by atoms with E-state index in [1.807, 2.05) is 18.0 Å².